The average molecular weight is 282 g/mol. The minimum absolute atomic E-state index is 0.159. The van der Waals surface area contributed by atoms with Crippen LogP contribution in [0.25, 0.3) is 0 Å². The van der Waals surface area contributed by atoms with Gasteiger partial charge in [-0.3, -0.25) is 9.59 Å². The summed E-state index contributed by atoms with van der Waals surface area (Å²) >= 11 is 0. The van der Waals surface area contributed by atoms with Crippen LogP contribution < -0.4 is 0 Å². The lowest BCUT2D eigenvalue weighted by atomic mass is 9.65. The maximum Gasteiger partial charge on any atom is 0.325 e. The van der Waals surface area contributed by atoms with Gasteiger partial charge in [0.15, 0.2) is 11.2 Å². The third kappa shape index (κ3) is 2.19. The highest BCUT2D eigenvalue weighted by Gasteiger charge is 2.63. The molecule has 1 saturated heterocycles. The van der Waals surface area contributed by atoms with Gasteiger partial charge in [-0.2, -0.15) is 0 Å². The molecule has 0 saturated carbocycles. The van der Waals surface area contributed by atoms with Crippen molar-refractivity contribution in [3.8, 4) is 0 Å². The largest absolute Gasteiger partial charge is 0.465 e. The molecule has 0 aromatic carbocycles. The molecule has 5 heteroatoms. The van der Waals surface area contributed by atoms with Crippen LogP contribution in [0.1, 0.15) is 33.6 Å². The van der Waals surface area contributed by atoms with Crippen molar-refractivity contribution < 1.29 is 23.8 Å². The molecule has 0 N–H and O–H groups in total. The lowest BCUT2D eigenvalue weighted by Crippen LogP contribution is -2.65. The van der Waals surface area contributed by atoms with Crippen molar-refractivity contribution >= 4 is 11.8 Å². The second-order valence-electron chi connectivity index (χ2n) is 5.88. The zero-order valence-corrected chi connectivity index (χ0v) is 12.5. The number of rotatable bonds is 3. The highest BCUT2D eigenvalue weighted by Crippen LogP contribution is 2.46. The Labute approximate surface area is 119 Å². The van der Waals surface area contributed by atoms with Gasteiger partial charge in [0.2, 0.25) is 0 Å². The van der Waals surface area contributed by atoms with Gasteiger partial charge in [0.05, 0.1) is 18.3 Å². The van der Waals surface area contributed by atoms with E-state index in [-0.39, 0.29) is 18.8 Å². The number of ketones is 1. The number of carbonyl (C=O) groups excluding carboxylic acids is 2. The molecular weight excluding hydrogens is 260 g/mol. The lowest BCUT2D eigenvalue weighted by molar-refractivity contribution is -0.213. The van der Waals surface area contributed by atoms with Crippen molar-refractivity contribution in [1.82, 2.24) is 0 Å². The van der Waals surface area contributed by atoms with Crippen LogP contribution in [0.4, 0.5) is 0 Å². The molecule has 1 aliphatic heterocycles. The van der Waals surface area contributed by atoms with E-state index in [9.17, 15) is 9.59 Å². The van der Waals surface area contributed by atoms with Crippen molar-refractivity contribution in [3.63, 3.8) is 0 Å². The molecule has 0 spiro atoms. The van der Waals surface area contributed by atoms with Crippen molar-refractivity contribution in [2.24, 2.45) is 5.41 Å². The van der Waals surface area contributed by atoms with Crippen LogP contribution >= 0.6 is 0 Å². The van der Waals surface area contributed by atoms with Crippen LogP contribution in [0.2, 0.25) is 0 Å². The first-order valence-corrected chi connectivity index (χ1v) is 6.96. The van der Waals surface area contributed by atoms with Gasteiger partial charge in [0, 0.05) is 13.5 Å². The van der Waals surface area contributed by atoms with Gasteiger partial charge in [-0.05, 0) is 27.2 Å². The van der Waals surface area contributed by atoms with E-state index < -0.39 is 29.2 Å². The summed E-state index contributed by atoms with van der Waals surface area (Å²) in [5, 5.41) is 0. The Balaban J connectivity index is 2.49. The second kappa shape index (κ2) is 5.30. The quantitative estimate of drug-likeness (QED) is 0.447. The zero-order chi connectivity index (χ0) is 15.0. The normalized spacial score (nSPS) is 35.5. The number of Topliss-reactive ketones (excluding diaryl/α,β-unsaturated/α-hetero) is 1. The molecule has 0 bridgehead atoms. The fourth-order valence-corrected chi connectivity index (χ4v) is 3.16. The van der Waals surface area contributed by atoms with Crippen molar-refractivity contribution in [3.05, 3.63) is 12.2 Å². The minimum atomic E-state index is -1.37. The molecule has 0 radical (unpaired) electrons. The summed E-state index contributed by atoms with van der Waals surface area (Å²) in [6.07, 6.45) is 3.17. The summed E-state index contributed by atoms with van der Waals surface area (Å²) < 4.78 is 16.5. The Morgan fingerprint density at radius 3 is 2.80 bits per heavy atom. The molecule has 1 unspecified atom stereocenters. The van der Waals surface area contributed by atoms with E-state index in [2.05, 4.69) is 0 Å². The Bertz CT molecular complexity index is 440. The number of hydrogen-bond donors (Lipinski definition) is 0. The Morgan fingerprint density at radius 2 is 2.20 bits per heavy atom. The van der Waals surface area contributed by atoms with Gasteiger partial charge in [-0.15, -0.1) is 0 Å². The molecule has 0 aromatic rings. The van der Waals surface area contributed by atoms with Gasteiger partial charge in [0.1, 0.15) is 6.10 Å². The highest BCUT2D eigenvalue weighted by molar-refractivity contribution is 6.06. The molecule has 1 fully saturated rings. The Morgan fingerprint density at radius 1 is 1.50 bits per heavy atom. The summed E-state index contributed by atoms with van der Waals surface area (Å²) in [6, 6.07) is 0. The number of hydrogen-bond acceptors (Lipinski definition) is 5. The van der Waals surface area contributed by atoms with Gasteiger partial charge in [-0.25, -0.2) is 0 Å². The molecule has 2 rings (SSSR count). The van der Waals surface area contributed by atoms with Gasteiger partial charge in [0.25, 0.3) is 0 Å². The first kappa shape index (κ1) is 15.2. The molecule has 2 aliphatic rings. The van der Waals surface area contributed by atoms with E-state index in [0.29, 0.717) is 6.42 Å². The predicted molar refractivity (Wildman–Crippen MR) is 72.2 cm³/mol. The molecule has 0 aromatic heterocycles. The monoisotopic (exact) mass is 282 g/mol. The Hall–Kier alpha value is -1.20. The van der Waals surface area contributed by atoms with Gasteiger partial charge in [-0.1, -0.05) is 12.2 Å². The number of carbonyl (C=O) groups is 2. The number of fused-ring (bicyclic) bond motifs is 1. The summed E-state index contributed by atoms with van der Waals surface area (Å²) in [5.41, 5.74) is -1.93. The summed E-state index contributed by atoms with van der Waals surface area (Å²) in [6.45, 7) is 5.67. The van der Waals surface area contributed by atoms with Crippen molar-refractivity contribution in [2.75, 3.05) is 13.7 Å². The number of esters is 1. The van der Waals surface area contributed by atoms with E-state index in [0.717, 1.165) is 0 Å². The van der Waals surface area contributed by atoms with Crippen LogP contribution in [0, 0.1) is 5.41 Å². The molecule has 1 heterocycles. The maximum absolute atomic E-state index is 12.8. The van der Waals surface area contributed by atoms with Crippen LogP contribution in [0.3, 0.4) is 0 Å². The predicted octanol–water partition coefficient (Wildman–Crippen LogP) is 1.65. The molecule has 0 amide bonds. The van der Waals surface area contributed by atoms with E-state index >= 15 is 0 Å². The Kier molecular flexibility index (Phi) is 4.02. The van der Waals surface area contributed by atoms with Crippen molar-refractivity contribution in [2.45, 2.75) is 51.4 Å². The zero-order valence-electron chi connectivity index (χ0n) is 12.5. The summed E-state index contributed by atoms with van der Waals surface area (Å²) in [5.74, 6) is -0.699. The third-order valence-corrected chi connectivity index (χ3v) is 3.99. The molecular formula is C15H22O5. The summed E-state index contributed by atoms with van der Waals surface area (Å²) in [4.78, 5) is 25.3. The minimum Gasteiger partial charge on any atom is -0.465 e. The van der Waals surface area contributed by atoms with E-state index in [1.165, 1.54) is 7.11 Å². The first-order chi connectivity index (χ1) is 9.38. The van der Waals surface area contributed by atoms with Gasteiger partial charge >= 0.3 is 5.97 Å². The van der Waals surface area contributed by atoms with Crippen LogP contribution in [0.15, 0.2) is 12.2 Å². The van der Waals surface area contributed by atoms with E-state index in [1.807, 2.05) is 19.9 Å². The third-order valence-electron chi connectivity index (χ3n) is 3.99. The van der Waals surface area contributed by atoms with Crippen molar-refractivity contribution in [1.29, 1.82) is 0 Å². The smallest absolute Gasteiger partial charge is 0.325 e. The number of ether oxygens (including phenoxy) is 3. The first-order valence-electron chi connectivity index (χ1n) is 6.96. The topological polar surface area (TPSA) is 61.8 Å². The van der Waals surface area contributed by atoms with E-state index in [4.69, 9.17) is 14.2 Å². The second-order valence-corrected chi connectivity index (χ2v) is 5.88. The highest BCUT2D eigenvalue weighted by atomic mass is 16.6. The molecule has 5 nitrogen and oxygen atoms in total. The van der Waals surface area contributed by atoms with Gasteiger partial charge < -0.3 is 14.2 Å². The van der Waals surface area contributed by atoms with Crippen LogP contribution in [0.5, 0.6) is 0 Å². The van der Waals surface area contributed by atoms with E-state index in [1.54, 1.807) is 13.0 Å². The SMILES string of the molecule is CCOC(=O)[C@@]12C(=O)CC(C)(C)OC1CC=C[C@@H]2OC. The molecule has 3 atom stereocenters. The summed E-state index contributed by atoms with van der Waals surface area (Å²) in [7, 11) is 1.49. The lowest BCUT2D eigenvalue weighted by Gasteiger charge is -2.49. The molecule has 1 aliphatic carbocycles. The van der Waals surface area contributed by atoms with Crippen LogP contribution in [-0.4, -0.2) is 43.3 Å². The molecule has 20 heavy (non-hydrogen) atoms. The molecule has 112 valence electrons. The van der Waals surface area contributed by atoms with Crippen LogP contribution in [-0.2, 0) is 23.8 Å². The maximum atomic E-state index is 12.8. The number of methoxy groups -OCH3 is 1. The standard InChI is InChI=1S/C15H22O5/c1-5-19-13(17)15-10(16)9-14(2,3)20-12(15)8-6-7-11(15)18-4/h6-7,11-12H,5,8-9H2,1-4H3/t11-,12?,15+/m0/s1. The fraction of sp³-hybridized carbons (Fsp3) is 0.733. The fourth-order valence-electron chi connectivity index (χ4n) is 3.16. The average Bonchev–Trinajstić information content (AvgIpc) is 2.36.